The van der Waals surface area contributed by atoms with Gasteiger partial charge in [-0.2, -0.15) is 0 Å². The summed E-state index contributed by atoms with van der Waals surface area (Å²) in [7, 11) is 0. The summed E-state index contributed by atoms with van der Waals surface area (Å²) < 4.78 is 0. The fraction of sp³-hybridized carbons (Fsp3) is 0.909. The van der Waals surface area contributed by atoms with E-state index in [4.69, 9.17) is 5.73 Å². The van der Waals surface area contributed by atoms with E-state index in [1.807, 2.05) is 6.92 Å². The average molecular weight is 213 g/mol. The predicted octanol–water partition coefficient (Wildman–Crippen LogP) is 0.182. The standard InChI is InChI=1S/C11H23N3O/c1-3-10(12)11(15)13-7-9-5-6-14(4-2)8-9/h9-10H,3-8,12H2,1-2H3,(H,13,15)/t9?,10-/m1/s1. The van der Waals surface area contributed by atoms with Gasteiger partial charge in [-0.3, -0.25) is 4.79 Å². The van der Waals surface area contributed by atoms with E-state index < -0.39 is 0 Å². The Labute approximate surface area is 92.2 Å². The molecule has 1 aliphatic rings. The van der Waals surface area contributed by atoms with Gasteiger partial charge in [-0.05, 0) is 31.8 Å². The second-order valence-electron chi connectivity index (χ2n) is 4.31. The van der Waals surface area contributed by atoms with E-state index in [-0.39, 0.29) is 11.9 Å². The molecule has 1 amide bonds. The Balaban J connectivity index is 2.18. The molecule has 1 unspecified atom stereocenters. The number of hydrogen-bond donors (Lipinski definition) is 2. The molecule has 0 aliphatic carbocycles. The highest BCUT2D eigenvalue weighted by molar-refractivity contribution is 5.81. The van der Waals surface area contributed by atoms with E-state index in [2.05, 4.69) is 17.1 Å². The van der Waals surface area contributed by atoms with Crippen LogP contribution in [0.4, 0.5) is 0 Å². The van der Waals surface area contributed by atoms with Crippen molar-refractivity contribution in [2.45, 2.75) is 32.7 Å². The van der Waals surface area contributed by atoms with Gasteiger partial charge < -0.3 is 16.0 Å². The Morgan fingerprint density at radius 2 is 2.33 bits per heavy atom. The summed E-state index contributed by atoms with van der Waals surface area (Å²) in [6, 6.07) is -0.339. The van der Waals surface area contributed by atoms with Gasteiger partial charge >= 0.3 is 0 Å². The van der Waals surface area contributed by atoms with Gasteiger partial charge in [0.05, 0.1) is 6.04 Å². The van der Waals surface area contributed by atoms with Crippen molar-refractivity contribution in [1.29, 1.82) is 0 Å². The molecule has 2 atom stereocenters. The van der Waals surface area contributed by atoms with E-state index in [1.54, 1.807) is 0 Å². The molecule has 0 radical (unpaired) electrons. The lowest BCUT2D eigenvalue weighted by Gasteiger charge is -2.15. The monoisotopic (exact) mass is 213 g/mol. The zero-order valence-corrected chi connectivity index (χ0v) is 9.83. The van der Waals surface area contributed by atoms with Crippen molar-refractivity contribution in [2.24, 2.45) is 11.7 Å². The molecule has 1 aliphatic heterocycles. The van der Waals surface area contributed by atoms with Gasteiger partial charge in [0.15, 0.2) is 0 Å². The van der Waals surface area contributed by atoms with E-state index in [0.29, 0.717) is 12.3 Å². The molecule has 1 heterocycles. The van der Waals surface area contributed by atoms with Gasteiger partial charge in [-0.1, -0.05) is 13.8 Å². The molecule has 88 valence electrons. The SMILES string of the molecule is CC[C@@H](N)C(=O)NCC1CCN(CC)C1. The maximum Gasteiger partial charge on any atom is 0.236 e. The number of rotatable bonds is 5. The average Bonchev–Trinajstić information content (AvgIpc) is 2.72. The number of likely N-dealkylation sites (tertiary alicyclic amines) is 1. The van der Waals surface area contributed by atoms with Gasteiger partial charge in [-0.15, -0.1) is 0 Å². The zero-order chi connectivity index (χ0) is 11.3. The lowest BCUT2D eigenvalue weighted by Crippen LogP contribution is -2.42. The largest absolute Gasteiger partial charge is 0.354 e. The van der Waals surface area contributed by atoms with Crippen LogP contribution in [-0.4, -0.2) is 43.0 Å². The fourth-order valence-corrected chi connectivity index (χ4v) is 1.93. The number of nitrogens with one attached hydrogen (secondary N) is 1. The molecule has 1 fully saturated rings. The molecular formula is C11H23N3O. The Morgan fingerprint density at radius 3 is 2.87 bits per heavy atom. The Morgan fingerprint density at radius 1 is 1.60 bits per heavy atom. The van der Waals surface area contributed by atoms with Crippen molar-refractivity contribution < 1.29 is 4.79 Å². The van der Waals surface area contributed by atoms with Crippen LogP contribution in [0.1, 0.15) is 26.7 Å². The number of hydrogen-bond acceptors (Lipinski definition) is 3. The minimum atomic E-state index is -0.339. The van der Waals surface area contributed by atoms with Gasteiger partial charge in [0.2, 0.25) is 5.91 Å². The van der Waals surface area contributed by atoms with E-state index in [1.165, 1.54) is 6.42 Å². The summed E-state index contributed by atoms with van der Waals surface area (Å²) in [5, 5.41) is 2.93. The molecule has 4 heteroatoms. The lowest BCUT2D eigenvalue weighted by atomic mass is 10.1. The second kappa shape index (κ2) is 6.08. The van der Waals surface area contributed by atoms with E-state index >= 15 is 0 Å². The fourth-order valence-electron chi connectivity index (χ4n) is 1.93. The maximum absolute atomic E-state index is 11.4. The van der Waals surface area contributed by atoms with Crippen LogP contribution in [0.3, 0.4) is 0 Å². The van der Waals surface area contributed by atoms with Crippen LogP contribution in [0, 0.1) is 5.92 Å². The maximum atomic E-state index is 11.4. The van der Waals surface area contributed by atoms with Gasteiger partial charge in [0.25, 0.3) is 0 Å². The smallest absolute Gasteiger partial charge is 0.236 e. The van der Waals surface area contributed by atoms with Gasteiger partial charge in [0.1, 0.15) is 0 Å². The minimum absolute atomic E-state index is 0.00699. The Hall–Kier alpha value is -0.610. The van der Waals surface area contributed by atoms with E-state index in [9.17, 15) is 4.79 Å². The first-order chi connectivity index (χ1) is 7.17. The number of nitrogens with zero attached hydrogens (tertiary/aromatic N) is 1. The molecule has 3 N–H and O–H groups in total. The zero-order valence-electron chi connectivity index (χ0n) is 9.83. The van der Waals surface area contributed by atoms with Crippen LogP contribution < -0.4 is 11.1 Å². The van der Waals surface area contributed by atoms with Crippen molar-refractivity contribution >= 4 is 5.91 Å². The Kier molecular flexibility index (Phi) is 5.05. The first-order valence-electron chi connectivity index (χ1n) is 5.93. The predicted molar refractivity (Wildman–Crippen MR) is 61.5 cm³/mol. The second-order valence-corrected chi connectivity index (χ2v) is 4.31. The van der Waals surface area contributed by atoms with Crippen molar-refractivity contribution in [3.63, 3.8) is 0 Å². The summed E-state index contributed by atoms with van der Waals surface area (Å²) in [6.07, 6.45) is 1.90. The van der Waals surface area contributed by atoms with E-state index in [0.717, 1.165) is 26.2 Å². The molecule has 0 aromatic carbocycles. The summed E-state index contributed by atoms with van der Waals surface area (Å²) in [6.45, 7) is 8.27. The summed E-state index contributed by atoms with van der Waals surface area (Å²) in [5.41, 5.74) is 5.63. The summed E-state index contributed by atoms with van der Waals surface area (Å²) in [4.78, 5) is 13.8. The van der Waals surface area contributed by atoms with Gasteiger partial charge in [0, 0.05) is 13.1 Å². The van der Waals surface area contributed by atoms with Crippen LogP contribution >= 0.6 is 0 Å². The quantitative estimate of drug-likeness (QED) is 0.685. The van der Waals surface area contributed by atoms with Crippen LogP contribution in [0.2, 0.25) is 0 Å². The first kappa shape index (κ1) is 12.5. The normalized spacial score (nSPS) is 24.1. The minimum Gasteiger partial charge on any atom is -0.354 e. The molecule has 0 spiro atoms. The van der Waals surface area contributed by atoms with Gasteiger partial charge in [-0.25, -0.2) is 0 Å². The van der Waals surface area contributed by atoms with Crippen molar-refractivity contribution in [1.82, 2.24) is 10.2 Å². The molecule has 1 rings (SSSR count). The van der Waals surface area contributed by atoms with Crippen LogP contribution in [-0.2, 0) is 4.79 Å². The number of carbonyl (C=O) groups is 1. The highest BCUT2D eigenvalue weighted by Gasteiger charge is 2.22. The topological polar surface area (TPSA) is 58.4 Å². The lowest BCUT2D eigenvalue weighted by molar-refractivity contribution is -0.122. The third-order valence-electron chi connectivity index (χ3n) is 3.16. The molecule has 15 heavy (non-hydrogen) atoms. The summed E-state index contributed by atoms with van der Waals surface area (Å²) in [5.74, 6) is 0.602. The number of nitrogens with two attached hydrogens (primary N) is 1. The number of carbonyl (C=O) groups excluding carboxylic acids is 1. The third-order valence-corrected chi connectivity index (χ3v) is 3.16. The Bertz CT molecular complexity index is 208. The van der Waals surface area contributed by atoms with Crippen LogP contribution in [0.15, 0.2) is 0 Å². The first-order valence-corrected chi connectivity index (χ1v) is 5.93. The van der Waals surface area contributed by atoms with Crippen molar-refractivity contribution in [3.8, 4) is 0 Å². The molecule has 0 bridgehead atoms. The molecule has 0 aromatic rings. The number of amides is 1. The molecule has 4 nitrogen and oxygen atoms in total. The third kappa shape index (κ3) is 3.80. The highest BCUT2D eigenvalue weighted by atomic mass is 16.2. The molecule has 0 saturated carbocycles. The highest BCUT2D eigenvalue weighted by Crippen LogP contribution is 2.14. The summed E-state index contributed by atoms with van der Waals surface area (Å²) >= 11 is 0. The van der Waals surface area contributed by atoms with Crippen LogP contribution in [0.5, 0.6) is 0 Å². The van der Waals surface area contributed by atoms with Crippen molar-refractivity contribution in [2.75, 3.05) is 26.2 Å². The van der Waals surface area contributed by atoms with Crippen LogP contribution in [0.25, 0.3) is 0 Å². The molecular weight excluding hydrogens is 190 g/mol. The van der Waals surface area contributed by atoms with Crippen molar-refractivity contribution in [3.05, 3.63) is 0 Å². The molecule has 1 saturated heterocycles. The molecule has 0 aromatic heterocycles.